The molecule has 0 radical (unpaired) electrons. The van der Waals surface area contributed by atoms with Crippen molar-refractivity contribution < 1.29 is 18.3 Å². The minimum absolute atomic E-state index is 0.220. The number of aliphatic carboxylic acids is 1. The van der Waals surface area contributed by atoms with Gasteiger partial charge in [-0.1, -0.05) is 0 Å². The molecule has 1 aliphatic heterocycles. The van der Waals surface area contributed by atoms with E-state index in [-0.39, 0.29) is 5.92 Å². The van der Waals surface area contributed by atoms with E-state index >= 15 is 0 Å². The third-order valence-corrected chi connectivity index (χ3v) is 6.15. The SMILES string of the molecule is CC(C)(NCC1CCCN(S(C)(=O)=O)C1)C(C)(C)C(=O)O. The van der Waals surface area contributed by atoms with E-state index in [1.54, 1.807) is 13.8 Å². The van der Waals surface area contributed by atoms with E-state index in [1.165, 1.54) is 10.6 Å². The van der Waals surface area contributed by atoms with E-state index in [1.807, 2.05) is 13.8 Å². The third-order valence-electron chi connectivity index (χ3n) is 4.88. The largest absolute Gasteiger partial charge is 0.481 e. The molecule has 6 nitrogen and oxygen atoms in total. The minimum Gasteiger partial charge on any atom is -0.481 e. The predicted molar refractivity (Wildman–Crippen MR) is 82.6 cm³/mol. The van der Waals surface area contributed by atoms with Crippen LogP contribution in [0.15, 0.2) is 0 Å². The fraction of sp³-hybridized carbons (Fsp3) is 0.929. The Bertz CT molecular complexity index is 485. The number of rotatable bonds is 6. The van der Waals surface area contributed by atoms with Gasteiger partial charge >= 0.3 is 5.97 Å². The van der Waals surface area contributed by atoms with Gasteiger partial charge in [0, 0.05) is 18.6 Å². The van der Waals surface area contributed by atoms with E-state index in [9.17, 15) is 18.3 Å². The van der Waals surface area contributed by atoms with Crippen molar-refractivity contribution >= 4 is 16.0 Å². The zero-order valence-corrected chi connectivity index (χ0v) is 14.5. The monoisotopic (exact) mass is 320 g/mol. The fourth-order valence-corrected chi connectivity index (χ4v) is 3.32. The molecular weight excluding hydrogens is 292 g/mol. The second-order valence-corrected chi connectivity index (χ2v) is 9.05. The van der Waals surface area contributed by atoms with Crippen LogP contribution in [0.3, 0.4) is 0 Å². The summed E-state index contributed by atoms with van der Waals surface area (Å²) in [7, 11) is -3.14. The van der Waals surface area contributed by atoms with Crippen molar-refractivity contribution in [1.82, 2.24) is 9.62 Å². The van der Waals surface area contributed by atoms with Gasteiger partial charge in [-0.3, -0.25) is 4.79 Å². The molecule has 124 valence electrons. The van der Waals surface area contributed by atoms with Crippen LogP contribution in [0.1, 0.15) is 40.5 Å². The van der Waals surface area contributed by atoms with Crippen LogP contribution < -0.4 is 5.32 Å². The first-order valence-corrected chi connectivity index (χ1v) is 9.16. The van der Waals surface area contributed by atoms with Gasteiger partial charge in [0.1, 0.15) is 0 Å². The van der Waals surface area contributed by atoms with Crippen LogP contribution in [0.5, 0.6) is 0 Å². The van der Waals surface area contributed by atoms with Crippen molar-refractivity contribution in [3.63, 3.8) is 0 Å². The number of hydrogen-bond acceptors (Lipinski definition) is 4. The van der Waals surface area contributed by atoms with Crippen LogP contribution in [0.4, 0.5) is 0 Å². The van der Waals surface area contributed by atoms with Crippen LogP contribution in [0.2, 0.25) is 0 Å². The van der Waals surface area contributed by atoms with Crippen molar-refractivity contribution in [2.45, 2.75) is 46.1 Å². The molecule has 1 heterocycles. The Morgan fingerprint density at radius 3 is 2.38 bits per heavy atom. The molecule has 0 bridgehead atoms. The number of carboxylic acids is 1. The number of sulfonamides is 1. The Morgan fingerprint density at radius 2 is 1.90 bits per heavy atom. The van der Waals surface area contributed by atoms with Crippen LogP contribution in [0, 0.1) is 11.3 Å². The van der Waals surface area contributed by atoms with Crippen molar-refractivity contribution in [2.75, 3.05) is 25.9 Å². The highest BCUT2D eigenvalue weighted by Gasteiger charge is 2.43. The van der Waals surface area contributed by atoms with Gasteiger partial charge in [-0.2, -0.15) is 0 Å². The Balaban J connectivity index is 2.65. The molecular formula is C14H28N2O4S. The van der Waals surface area contributed by atoms with Crippen LogP contribution in [-0.4, -0.2) is 55.2 Å². The highest BCUT2D eigenvalue weighted by molar-refractivity contribution is 7.88. The van der Waals surface area contributed by atoms with Gasteiger partial charge in [0.2, 0.25) is 10.0 Å². The first-order chi connectivity index (χ1) is 9.38. The summed E-state index contributed by atoms with van der Waals surface area (Å²) in [5.74, 6) is -0.626. The van der Waals surface area contributed by atoms with E-state index < -0.39 is 26.9 Å². The summed E-state index contributed by atoms with van der Waals surface area (Å²) >= 11 is 0. The van der Waals surface area contributed by atoms with E-state index in [4.69, 9.17) is 0 Å². The Kier molecular flexibility index (Phi) is 5.45. The van der Waals surface area contributed by atoms with Crippen LogP contribution in [0.25, 0.3) is 0 Å². The van der Waals surface area contributed by atoms with Crippen molar-refractivity contribution in [3.05, 3.63) is 0 Å². The second-order valence-electron chi connectivity index (χ2n) is 7.07. The number of piperidine rings is 1. The van der Waals surface area contributed by atoms with Gasteiger partial charge < -0.3 is 10.4 Å². The molecule has 1 unspecified atom stereocenters. The molecule has 1 fully saturated rings. The first-order valence-electron chi connectivity index (χ1n) is 7.31. The molecule has 1 atom stereocenters. The molecule has 0 saturated carbocycles. The Hall–Kier alpha value is -0.660. The van der Waals surface area contributed by atoms with E-state index in [0.717, 1.165) is 12.8 Å². The zero-order valence-electron chi connectivity index (χ0n) is 13.6. The summed E-state index contributed by atoms with van der Waals surface area (Å²) in [6.45, 7) is 8.86. The van der Waals surface area contributed by atoms with Gasteiger partial charge in [0.05, 0.1) is 11.7 Å². The fourth-order valence-electron chi connectivity index (χ4n) is 2.38. The van der Waals surface area contributed by atoms with Crippen molar-refractivity contribution in [2.24, 2.45) is 11.3 Å². The highest BCUT2D eigenvalue weighted by atomic mass is 32.2. The lowest BCUT2D eigenvalue weighted by molar-refractivity contribution is -0.151. The summed E-state index contributed by atoms with van der Waals surface area (Å²) in [6.07, 6.45) is 3.05. The summed E-state index contributed by atoms with van der Waals surface area (Å²) in [5.41, 5.74) is -1.48. The van der Waals surface area contributed by atoms with Crippen molar-refractivity contribution in [3.8, 4) is 0 Å². The lowest BCUT2D eigenvalue weighted by Gasteiger charge is -2.41. The molecule has 0 aliphatic carbocycles. The number of hydrogen-bond donors (Lipinski definition) is 2. The third kappa shape index (κ3) is 4.40. The molecule has 2 N–H and O–H groups in total. The van der Waals surface area contributed by atoms with Gasteiger partial charge in [-0.25, -0.2) is 12.7 Å². The normalized spacial score (nSPS) is 22.2. The molecule has 1 rings (SSSR count). The van der Waals surface area contributed by atoms with E-state index in [0.29, 0.717) is 19.6 Å². The topological polar surface area (TPSA) is 86.7 Å². The maximum atomic E-state index is 11.6. The second kappa shape index (κ2) is 6.22. The lowest BCUT2D eigenvalue weighted by atomic mass is 9.74. The summed E-state index contributed by atoms with van der Waals surface area (Å²) in [4.78, 5) is 11.4. The van der Waals surface area contributed by atoms with Gasteiger partial charge in [-0.15, -0.1) is 0 Å². The molecule has 1 saturated heterocycles. The van der Waals surface area contributed by atoms with Crippen LogP contribution in [-0.2, 0) is 14.8 Å². The first kappa shape index (κ1) is 18.4. The number of nitrogens with one attached hydrogen (secondary N) is 1. The molecule has 0 aromatic carbocycles. The quantitative estimate of drug-likeness (QED) is 0.766. The Labute approximate surface area is 128 Å². The molecule has 0 aromatic rings. The standard InChI is InChI=1S/C14H28N2O4S/c1-13(2,12(17)18)14(3,4)15-9-11-7-6-8-16(10-11)21(5,19)20/h11,15H,6-10H2,1-5H3,(H,17,18). The molecule has 7 heteroatoms. The van der Waals surface area contributed by atoms with E-state index in [2.05, 4.69) is 5.32 Å². The number of carboxylic acid groups (broad SMARTS) is 1. The molecule has 0 amide bonds. The summed E-state index contributed by atoms with van der Waals surface area (Å²) in [5, 5.41) is 12.7. The summed E-state index contributed by atoms with van der Waals surface area (Å²) < 4.78 is 24.7. The zero-order chi connectivity index (χ0) is 16.5. The Morgan fingerprint density at radius 1 is 1.33 bits per heavy atom. The molecule has 0 aromatic heterocycles. The number of carbonyl (C=O) groups is 1. The smallest absolute Gasteiger partial charge is 0.310 e. The van der Waals surface area contributed by atoms with Gasteiger partial charge in [0.15, 0.2) is 0 Å². The molecule has 1 aliphatic rings. The minimum atomic E-state index is -3.14. The maximum absolute atomic E-state index is 11.6. The molecule has 21 heavy (non-hydrogen) atoms. The average molecular weight is 320 g/mol. The maximum Gasteiger partial charge on any atom is 0.310 e. The van der Waals surface area contributed by atoms with Gasteiger partial charge in [-0.05, 0) is 53.0 Å². The average Bonchev–Trinajstić information content (AvgIpc) is 2.35. The lowest BCUT2D eigenvalue weighted by Crippen LogP contribution is -2.57. The van der Waals surface area contributed by atoms with Crippen molar-refractivity contribution in [1.29, 1.82) is 0 Å². The van der Waals surface area contributed by atoms with Gasteiger partial charge in [0.25, 0.3) is 0 Å². The summed E-state index contributed by atoms with van der Waals surface area (Å²) in [6, 6.07) is 0. The predicted octanol–water partition coefficient (Wildman–Crippen LogP) is 1.14. The highest BCUT2D eigenvalue weighted by Crippen LogP contribution is 2.31. The van der Waals surface area contributed by atoms with Crippen LogP contribution >= 0.6 is 0 Å². The molecule has 0 spiro atoms. The number of nitrogens with zero attached hydrogens (tertiary/aromatic N) is 1.